The lowest BCUT2D eigenvalue weighted by atomic mass is 9.61. The first-order valence-electron chi connectivity index (χ1n) is 6.56. The molecule has 6 atom stereocenters. The molecule has 0 aromatic heterocycles. The van der Waals surface area contributed by atoms with Crippen LogP contribution in [0.3, 0.4) is 0 Å². The zero-order chi connectivity index (χ0) is 9.34. The summed E-state index contributed by atoms with van der Waals surface area (Å²) in [5.41, 5.74) is 7.21. The Labute approximate surface area is 86.4 Å². The molecule has 0 radical (unpaired) electrons. The van der Waals surface area contributed by atoms with Gasteiger partial charge in [-0.05, 0) is 67.6 Å². The maximum Gasteiger partial charge on any atom is 0.0129 e. The van der Waals surface area contributed by atoms with E-state index in [1.54, 1.807) is 0 Å². The van der Waals surface area contributed by atoms with Crippen LogP contribution in [0, 0.1) is 29.1 Å². The fourth-order valence-corrected chi connectivity index (χ4v) is 5.87. The second-order valence-electron chi connectivity index (χ2n) is 6.49. The molecule has 0 aromatic rings. The van der Waals surface area contributed by atoms with Gasteiger partial charge in [-0.15, -0.1) is 0 Å². The lowest BCUT2D eigenvalue weighted by Crippen LogP contribution is -2.49. The molecule has 1 heteroatoms. The van der Waals surface area contributed by atoms with E-state index >= 15 is 0 Å². The highest BCUT2D eigenvalue weighted by Gasteiger charge is 2.64. The molecular weight excluding hydrogens is 170 g/mol. The van der Waals surface area contributed by atoms with Gasteiger partial charge >= 0.3 is 0 Å². The van der Waals surface area contributed by atoms with Crippen molar-refractivity contribution in [3.05, 3.63) is 0 Å². The molecule has 4 aliphatic rings. The number of hydrogen-bond donors (Lipinski definition) is 1. The smallest absolute Gasteiger partial charge is 0.0129 e. The van der Waals surface area contributed by atoms with Crippen LogP contribution in [0.5, 0.6) is 0 Å². The van der Waals surface area contributed by atoms with E-state index in [0.717, 1.165) is 23.7 Å². The Morgan fingerprint density at radius 3 is 2.29 bits per heavy atom. The van der Waals surface area contributed by atoms with Crippen LogP contribution in [0.25, 0.3) is 0 Å². The van der Waals surface area contributed by atoms with Crippen molar-refractivity contribution in [1.82, 2.24) is 0 Å². The molecule has 4 rings (SSSR count). The van der Waals surface area contributed by atoms with Crippen molar-refractivity contribution in [3.8, 4) is 0 Å². The Hall–Kier alpha value is -0.0400. The minimum absolute atomic E-state index is 0.594. The van der Waals surface area contributed by atoms with Crippen LogP contribution >= 0.6 is 0 Å². The third kappa shape index (κ3) is 0.711. The maximum absolute atomic E-state index is 6.55. The predicted molar refractivity (Wildman–Crippen MR) is 56.7 cm³/mol. The van der Waals surface area contributed by atoms with Crippen molar-refractivity contribution in [1.29, 1.82) is 0 Å². The molecule has 4 bridgehead atoms. The van der Waals surface area contributed by atoms with Gasteiger partial charge < -0.3 is 5.73 Å². The summed E-state index contributed by atoms with van der Waals surface area (Å²) in [6.07, 6.45) is 10.5. The molecule has 4 fully saturated rings. The molecule has 14 heavy (non-hydrogen) atoms. The second kappa shape index (κ2) is 2.37. The number of hydrogen-bond acceptors (Lipinski definition) is 1. The van der Waals surface area contributed by atoms with E-state index < -0.39 is 0 Å². The quantitative estimate of drug-likeness (QED) is 0.625. The van der Waals surface area contributed by atoms with E-state index in [2.05, 4.69) is 0 Å². The van der Waals surface area contributed by atoms with E-state index in [1.165, 1.54) is 44.9 Å². The first kappa shape index (κ1) is 8.15. The number of fused-ring (bicyclic) bond motifs is 6. The van der Waals surface area contributed by atoms with Crippen molar-refractivity contribution in [2.45, 2.75) is 51.0 Å². The fraction of sp³-hybridized carbons (Fsp3) is 1.00. The van der Waals surface area contributed by atoms with Crippen LogP contribution in [0.4, 0.5) is 0 Å². The van der Waals surface area contributed by atoms with Crippen molar-refractivity contribution >= 4 is 0 Å². The zero-order valence-corrected chi connectivity index (χ0v) is 8.91. The van der Waals surface area contributed by atoms with Crippen LogP contribution in [-0.4, -0.2) is 6.04 Å². The topological polar surface area (TPSA) is 26.0 Å². The second-order valence-corrected chi connectivity index (χ2v) is 6.49. The predicted octanol–water partition coefficient (Wildman–Crippen LogP) is 2.55. The summed E-state index contributed by atoms with van der Waals surface area (Å²) in [7, 11) is 0. The number of nitrogens with two attached hydrogens (primary N) is 1. The normalized spacial score (nSPS) is 64.5. The van der Waals surface area contributed by atoms with Crippen LogP contribution in [-0.2, 0) is 0 Å². The minimum Gasteiger partial charge on any atom is -0.327 e. The first-order chi connectivity index (χ1) is 6.80. The van der Waals surface area contributed by atoms with Gasteiger partial charge in [-0.3, -0.25) is 0 Å². The molecule has 1 nitrogen and oxygen atoms in total. The van der Waals surface area contributed by atoms with E-state index in [1.807, 2.05) is 0 Å². The van der Waals surface area contributed by atoms with Crippen molar-refractivity contribution < 1.29 is 0 Å². The lowest BCUT2D eigenvalue weighted by Gasteiger charge is -2.46. The van der Waals surface area contributed by atoms with Crippen LogP contribution in [0.1, 0.15) is 44.9 Å². The summed E-state index contributed by atoms with van der Waals surface area (Å²) in [6, 6.07) is 0.594. The lowest BCUT2D eigenvalue weighted by molar-refractivity contribution is 0.0574. The summed E-state index contributed by atoms with van der Waals surface area (Å²) in [5.74, 6) is 4.07. The van der Waals surface area contributed by atoms with Crippen molar-refractivity contribution in [2.24, 2.45) is 34.8 Å². The third-order valence-electron chi connectivity index (χ3n) is 6.31. The molecule has 0 amide bonds. The molecule has 0 heterocycles. The zero-order valence-electron chi connectivity index (χ0n) is 8.91. The molecule has 4 saturated carbocycles. The van der Waals surface area contributed by atoms with E-state index in [0.29, 0.717) is 11.5 Å². The monoisotopic (exact) mass is 191 g/mol. The van der Waals surface area contributed by atoms with Gasteiger partial charge in [0.05, 0.1) is 0 Å². The highest BCUT2D eigenvalue weighted by Crippen LogP contribution is 2.69. The average Bonchev–Trinajstić information content (AvgIpc) is 2.91. The summed E-state index contributed by atoms with van der Waals surface area (Å²) >= 11 is 0. The van der Waals surface area contributed by atoms with Crippen molar-refractivity contribution in [3.63, 3.8) is 0 Å². The summed E-state index contributed by atoms with van der Waals surface area (Å²) < 4.78 is 0. The SMILES string of the molecule is N[C@@H]1C2CCC(C2)C12C[C@@H]1CC[C@H]2C1. The Bertz CT molecular complexity index is 263. The van der Waals surface area contributed by atoms with Gasteiger partial charge in [-0.25, -0.2) is 0 Å². The van der Waals surface area contributed by atoms with Gasteiger partial charge in [0, 0.05) is 6.04 Å². The van der Waals surface area contributed by atoms with Gasteiger partial charge in [-0.1, -0.05) is 6.42 Å². The van der Waals surface area contributed by atoms with Gasteiger partial charge in [0.25, 0.3) is 0 Å². The Morgan fingerprint density at radius 1 is 0.929 bits per heavy atom. The molecule has 2 N–H and O–H groups in total. The standard InChI is InChI=1S/C13H21N/c14-12-9-2-4-11(6-9)13(12)7-8-1-3-10(13)5-8/h8-12H,1-7,14H2/t8-,9?,10+,11?,12-,13?/m1/s1. The molecule has 78 valence electrons. The maximum atomic E-state index is 6.55. The molecule has 4 aliphatic carbocycles. The Morgan fingerprint density at radius 2 is 1.71 bits per heavy atom. The van der Waals surface area contributed by atoms with E-state index in [9.17, 15) is 0 Å². The molecule has 0 aliphatic heterocycles. The third-order valence-corrected chi connectivity index (χ3v) is 6.31. The Balaban J connectivity index is 1.76. The average molecular weight is 191 g/mol. The highest BCUT2D eigenvalue weighted by atomic mass is 14.8. The molecule has 1 spiro atoms. The fourth-order valence-electron chi connectivity index (χ4n) is 5.87. The summed E-state index contributed by atoms with van der Waals surface area (Å²) in [5, 5.41) is 0. The summed E-state index contributed by atoms with van der Waals surface area (Å²) in [6.45, 7) is 0. The summed E-state index contributed by atoms with van der Waals surface area (Å²) in [4.78, 5) is 0. The highest BCUT2D eigenvalue weighted by molar-refractivity contribution is 5.16. The van der Waals surface area contributed by atoms with E-state index in [-0.39, 0.29) is 0 Å². The largest absolute Gasteiger partial charge is 0.327 e. The van der Waals surface area contributed by atoms with Crippen LogP contribution < -0.4 is 5.73 Å². The van der Waals surface area contributed by atoms with Crippen LogP contribution in [0.2, 0.25) is 0 Å². The van der Waals surface area contributed by atoms with Crippen LogP contribution in [0.15, 0.2) is 0 Å². The Kier molecular flexibility index (Phi) is 1.38. The van der Waals surface area contributed by atoms with Gasteiger partial charge in [0.1, 0.15) is 0 Å². The molecule has 0 aromatic carbocycles. The van der Waals surface area contributed by atoms with Gasteiger partial charge in [0.2, 0.25) is 0 Å². The van der Waals surface area contributed by atoms with Gasteiger partial charge in [0.15, 0.2) is 0 Å². The molecular formula is C13H21N. The molecule has 0 saturated heterocycles. The number of rotatable bonds is 0. The van der Waals surface area contributed by atoms with Crippen molar-refractivity contribution in [2.75, 3.05) is 0 Å². The van der Waals surface area contributed by atoms with E-state index in [4.69, 9.17) is 5.73 Å². The molecule has 3 unspecified atom stereocenters. The minimum atomic E-state index is 0.594. The first-order valence-corrected chi connectivity index (χ1v) is 6.56. The van der Waals surface area contributed by atoms with Gasteiger partial charge in [-0.2, -0.15) is 0 Å².